The molecular formula is C38H56ClN5O7. The highest BCUT2D eigenvalue weighted by Crippen LogP contribution is 2.41. The molecule has 2 heterocycles. The van der Waals surface area contributed by atoms with Crippen molar-refractivity contribution in [3.05, 3.63) is 28.3 Å². The zero-order valence-corrected chi connectivity index (χ0v) is 32.0. The van der Waals surface area contributed by atoms with Crippen molar-refractivity contribution in [2.45, 2.75) is 136 Å². The minimum absolute atomic E-state index is 0.0223. The van der Waals surface area contributed by atoms with Gasteiger partial charge in [-0.2, -0.15) is 0 Å². The Balaban J connectivity index is 1.63. The second-order valence-electron chi connectivity index (χ2n) is 15.4. The molecule has 1 saturated carbocycles. The molecule has 1 aromatic carbocycles. The molecule has 3 aliphatic rings. The summed E-state index contributed by atoms with van der Waals surface area (Å²) in [6.45, 7) is 13.7. The number of aryl methyl sites for hydroxylation is 1. The van der Waals surface area contributed by atoms with E-state index in [-0.39, 0.29) is 44.2 Å². The second kappa shape index (κ2) is 17.2. The predicted octanol–water partition coefficient (Wildman–Crippen LogP) is 5.00. The molecule has 13 heteroatoms. The van der Waals surface area contributed by atoms with Crippen LogP contribution in [-0.4, -0.2) is 83.4 Å². The van der Waals surface area contributed by atoms with Gasteiger partial charge in [0.25, 0.3) is 5.91 Å². The molecule has 51 heavy (non-hydrogen) atoms. The van der Waals surface area contributed by atoms with Gasteiger partial charge in [0, 0.05) is 31.4 Å². The molecule has 2 fully saturated rings. The zero-order chi connectivity index (χ0) is 37.5. The number of Topliss-reactive ketones (excluding diaryl/α,β-unsaturated/α-hetero) is 1. The van der Waals surface area contributed by atoms with E-state index in [4.69, 9.17) is 21.2 Å². The number of ether oxygens (including phenoxy) is 1. The number of ketones is 1. The third-order valence-corrected chi connectivity index (χ3v) is 10.3. The van der Waals surface area contributed by atoms with Crippen molar-refractivity contribution in [1.82, 2.24) is 20.9 Å². The van der Waals surface area contributed by atoms with Gasteiger partial charge in [0.2, 0.25) is 23.5 Å². The SMILES string of the molecule is CCC[C@H](NC(=O)[C@@H]1C[C@]2(CC(c3cc(C)c(OCC)c(Cl)c3)=NO2)CN1C(=O)[C@@H](NC(=O)CC1CCCCC1)C(C)(C)C)C(=O)C(=O)NCC. The quantitative estimate of drug-likeness (QED) is 0.228. The number of amides is 4. The van der Waals surface area contributed by atoms with E-state index in [1.807, 2.05) is 47.6 Å². The third kappa shape index (κ3) is 9.81. The van der Waals surface area contributed by atoms with E-state index in [0.29, 0.717) is 35.9 Å². The van der Waals surface area contributed by atoms with E-state index in [2.05, 4.69) is 21.1 Å². The summed E-state index contributed by atoms with van der Waals surface area (Å²) in [5.41, 5.74) is 0.439. The molecule has 282 valence electrons. The number of hydrogen-bond donors (Lipinski definition) is 3. The molecule has 0 unspecified atom stereocenters. The highest BCUT2D eigenvalue weighted by molar-refractivity contribution is 6.38. The maximum atomic E-state index is 14.6. The standard InChI is InChI=1S/C38H56ClN5O7/c1-8-14-27(31(46)35(48)40-9-2)41-34(47)29-21-38(20-28(43-51-38)25-17-23(4)32(50-10-3)26(39)19-25)22-44(29)36(49)33(37(5,6)7)42-30(45)18-24-15-12-11-13-16-24/h17,19,24,27,29,33H,8-16,18,20-22H2,1-7H3,(H,40,48)(H,41,47)(H,42,45)/t27-,29-,33+,38+/m0/s1. The number of likely N-dealkylation sites (N-methyl/N-ethyl adjacent to an activating group) is 1. The van der Waals surface area contributed by atoms with E-state index < -0.39 is 52.6 Å². The van der Waals surface area contributed by atoms with Gasteiger partial charge in [-0.05, 0) is 69.1 Å². The summed E-state index contributed by atoms with van der Waals surface area (Å²) in [7, 11) is 0. The van der Waals surface area contributed by atoms with Crippen LogP contribution in [0.4, 0.5) is 0 Å². The summed E-state index contributed by atoms with van der Waals surface area (Å²) in [5, 5.41) is 13.2. The van der Waals surface area contributed by atoms with Gasteiger partial charge in [-0.25, -0.2) is 0 Å². The lowest BCUT2D eigenvalue weighted by Gasteiger charge is -2.36. The fraction of sp³-hybridized carbons (Fsp3) is 0.684. The molecule has 2 aliphatic heterocycles. The van der Waals surface area contributed by atoms with Gasteiger partial charge in [0.1, 0.15) is 17.8 Å². The van der Waals surface area contributed by atoms with Crippen LogP contribution < -0.4 is 20.7 Å². The number of rotatable bonds is 14. The van der Waals surface area contributed by atoms with Crippen molar-refractivity contribution < 1.29 is 33.5 Å². The molecule has 12 nitrogen and oxygen atoms in total. The maximum Gasteiger partial charge on any atom is 0.289 e. The monoisotopic (exact) mass is 729 g/mol. The fourth-order valence-corrected chi connectivity index (χ4v) is 7.75. The van der Waals surface area contributed by atoms with E-state index in [1.54, 1.807) is 13.0 Å². The van der Waals surface area contributed by atoms with Crippen LogP contribution >= 0.6 is 11.6 Å². The van der Waals surface area contributed by atoms with Crippen LogP contribution in [0.2, 0.25) is 5.02 Å². The van der Waals surface area contributed by atoms with Gasteiger partial charge in [0.05, 0.1) is 29.9 Å². The Morgan fingerprint density at radius 3 is 2.39 bits per heavy atom. The van der Waals surface area contributed by atoms with Gasteiger partial charge in [-0.15, -0.1) is 0 Å². The van der Waals surface area contributed by atoms with Gasteiger partial charge in [0.15, 0.2) is 5.60 Å². The second-order valence-corrected chi connectivity index (χ2v) is 15.8. The lowest BCUT2D eigenvalue weighted by molar-refractivity contribution is -0.145. The van der Waals surface area contributed by atoms with Crippen LogP contribution in [0.15, 0.2) is 17.3 Å². The number of likely N-dealkylation sites (tertiary alicyclic amines) is 1. The highest BCUT2D eigenvalue weighted by Gasteiger charge is 2.55. The van der Waals surface area contributed by atoms with Crippen LogP contribution in [0.1, 0.15) is 117 Å². The Morgan fingerprint density at radius 1 is 1.08 bits per heavy atom. The Morgan fingerprint density at radius 2 is 1.78 bits per heavy atom. The molecule has 1 spiro atoms. The van der Waals surface area contributed by atoms with Gasteiger partial charge in [-0.3, -0.25) is 24.0 Å². The molecule has 1 aromatic rings. The number of oxime groups is 1. The van der Waals surface area contributed by atoms with E-state index in [0.717, 1.165) is 36.8 Å². The van der Waals surface area contributed by atoms with Crippen molar-refractivity contribution in [3.8, 4) is 5.75 Å². The van der Waals surface area contributed by atoms with Crippen LogP contribution in [0.5, 0.6) is 5.75 Å². The molecule has 4 atom stereocenters. The molecular weight excluding hydrogens is 674 g/mol. The van der Waals surface area contributed by atoms with E-state index in [1.165, 1.54) is 11.3 Å². The first kappa shape index (κ1) is 40.1. The lowest BCUT2D eigenvalue weighted by Crippen LogP contribution is -2.59. The maximum absolute atomic E-state index is 14.6. The first-order valence-electron chi connectivity index (χ1n) is 18.5. The summed E-state index contributed by atoms with van der Waals surface area (Å²) in [6, 6.07) is 0.625. The molecule has 3 N–H and O–H groups in total. The number of halogens is 1. The molecule has 1 saturated heterocycles. The van der Waals surface area contributed by atoms with Crippen LogP contribution in [0.3, 0.4) is 0 Å². The normalized spacial score (nSPS) is 21.8. The molecule has 0 aromatic heterocycles. The highest BCUT2D eigenvalue weighted by atomic mass is 35.5. The largest absolute Gasteiger partial charge is 0.492 e. The number of nitrogens with one attached hydrogen (secondary N) is 3. The molecule has 4 amide bonds. The zero-order valence-electron chi connectivity index (χ0n) is 31.3. The first-order chi connectivity index (χ1) is 24.1. The van der Waals surface area contributed by atoms with Gasteiger partial charge >= 0.3 is 0 Å². The number of carbonyl (C=O) groups is 5. The van der Waals surface area contributed by atoms with E-state index in [9.17, 15) is 24.0 Å². The molecule has 0 bridgehead atoms. The number of hydrogen-bond acceptors (Lipinski definition) is 8. The average Bonchev–Trinajstić information content (AvgIpc) is 3.68. The molecule has 4 rings (SSSR count). The van der Waals surface area contributed by atoms with Crippen molar-refractivity contribution in [2.75, 3.05) is 19.7 Å². The molecule has 1 aliphatic carbocycles. The predicted molar refractivity (Wildman–Crippen MR) is 196 cm³/mol. The summed E-state index contributed by atoms with van der Waals surface area (Å²) in [5.74, 6) is -1.83. The Labute approximate surface area is 307 Å². The summed E-state index contributed by atoms with van der Waals surface area (Å²) in [6.07, 6.45) is 6.86. The first-order valence-corrected chi connectivity index (χ1v) is 18.9. The Bertz CT molecular complexity index is 1480. The number of nitrogens with zero attached hydrogens (tertiary/aromatic N) is 2. The van der Waals surface area contributed by atoms with Crippen molar-refractivity contribution in [2.24, 2.45) is 16.5 Å². The number of carbonyl (C=O) groups excluding carboxylic acids is 5. The minimum atomic E-state index is -1.07. The third-order valence-electron chi connectivity index (χ3n) is 10.1. The summed E-state index contributed by atoms with van der Waals surface area (Å²) in [4.78, 5) is 75.3. The average molecular weight is 730 g/mol. The van der Waals surface area contributed by atoms with Crippen LogP contribution in [0, 0.1) is 18.3 Å². The Kier molecular flexibility index (Phi) is 13.6. The van der Waals surface area contributed by atoms with E-state index >= 15 is 0 Å². The number of benzene rings is 1. The van der Waals surface area contributed by atoms with Crippen molar-refractivity contribution >= 4 is 46.7 Å². The topological polar surface area (TPSA) is 156 Å². The molecule has 0 radical (unpaired) electrons. The smallest absolute Gasteiger partial charge is 0.289 e. The minimum Gasteiger partial charge on any atom is -0.492 e. The van der Waals surface area contributed by atoms with Gasteiger partial charge < -0.3 is 30.4 Å². The van der Waals surface area contributed by atoms with Crippen molar-refractivity contribution in [1.29, 1.82) is 0 Å². The Hall–Kier alpha value is -3.67. The van der Waals surface area contributed by atoms with Crippen molar-refractivity contribution in [3.63, 3.8) is 0 Å². The van der Waals surface area contributed by atoms with Crippen LogP contribution in [0.25, 0.3) is 0 Å². The lowest BCUT2D eigenvalue weighted by atomic mass is 9.84. The van der Waals surface area contributed by atoms with Gasteiger partial charge in [-0.1, -0.05) is 70.1 Å². The summed E-state index contributed by atoms with van der Waals surface area (Å²) < 4.78 is 5.70. The summed E-state index contributed by atoms with van der Waals surface area (Å²) >= 11 is 6.58. The fourth-order valence-electron chi connectivity index (χ4n) is 7.43. The van der Waals surface area contributed by atoms with Crippen LogP contribution in [-0.2, 0) is 28.8 Å².